The fourth-order valence-electron chi connectivity index (χ4n) is 2.57. The molecule has 0 aromatic heterocycles. The van der Waals surface area contributed by atoms with Crippen LogP contribution >= 0.6 is 0 Å². The van der Waals surface area contributed by atoms with Gasteiger partial charge in [0.15, 0.2) is 0 Å². The van der Waals surface area contributed by atoms with Gasteiger partial charge >= 0.3 is 0 Å². The van der Waals surface area contributed by atoms with Gasteiger partial charge in [0.05, 0.1) is 7.11 Å². The van der Waals surface area contributed by atoms with E-state index in [0.29, 0.717) is 12.0 Å². The zero-order chi connectivity index (χ0) is 17.7. The van der Waals surface area contributed by atoms with E-state index in [9.17, 15) is 9.59 Å². The first kappa shape index (κ1) is 17.5. The number of carbonyl (C=O) groups excluding carboxylic acids is 2. The molecule has 1 atom stereocenters. The van der Waals surface area contributed by atoms with Crippen LogP contribution in [0.15, 0.2) is 42.5 Å². The zero-order valence-electron chi connectivity index (χ0n) is 14.1. The lowest BCUT2D eigenvalue weighted by Crippen LogP contribution is -2.45. The van der Waals surface area contributed by atoms with Gasteiger partial charge in [-0.25, -0.2) is 0 Å². The average Bonchev–Trinajstić information content (AvgIpc) is 2.53. The second kappa shape index (κ2) is 7.64. The minimum atomic E-state index is -0.772. The molecule has 126 valence electrons. The van der Waals surface area contributed by atoms with E-state index in [4.69, 9.17) is 10.5 Å². The molecule has 0 spiro atoms. The van der Waals surface area contributed by atoms with Crippen molar-refractivity contribution in [2.75, 3.05) is 7.11 Å². The van der Waals surface area contributed by atoms with E-state index in [0.717, 1.165) is 22.4 Å². The first-order valence-corrected chi connectivity index (χ1v) is 7.70. The summed E-state index contributed by atoms with van der Waals surface area (Å²) in [6, 6.07) is 12.1. The van der Waals surface area contributed by atoms with Crippen LogP contribution in [0.4, 0.5) is 0 Å². The van der Waals surface area contributed by atoms with Gasteiger partial charge in [-0.3, -0.25) is 9.59 Å². The lowest BCUT2D eigenvalue weighted by Gasteiger charge is -2.16. The van der Waals surface area contributed by atoms with Crippen LogP contribution in [0.25, 0.3) is 0 Å². The van der Waals surface area contributed by atoms with Gasteiger partial charge in [-0.15, -0.1) is 0 Å². The van der Waals surface area contributed by atoms with Crippen molar-refractivity contribution in [2.45, 2.75) is 26.3 Å². The van der Waals surface area contributed by atoms with Gasteiger partial charge in [0.2, 0.25) is 5.91 Å². The van der Waals surface area contributed by atoms with Gasteiger partial charge in [-0.1, -0.05) is 29.3 Å². The van der Waals surface area contributed by atoms with E-state index in [2.05, 4.69) is 5.32 Å². The fourth-order valence-corrected chi connectivity index (χ4v) is 2.57. The van der Waals surface area contributed by atoms with Crippen molar-refractivity contribution in [1.29, 1.82) is 0 Å². The maximum atomic E-state index is 12.4. The van der Waals surface area contributed by atoms with E-state index in [1.807, 2.05) is 32.0 Å². The Morgan fingerprint density at radius 1 is 1.08 bits per heavy atom. The third kappa shape index (κ3) is 4.59. The van der Waals surface area contributed by atoms with Crippen molar-refractivity contribution < 1.29 is 14.3 Å². The van der Waals surface area contributed by atoms with Crippen LogP contribution in [0, 0.1) is 13.8 Å². The van der Waals surface area contributed by atoms with Crippen LogP contribution in [0.3, 0.4) is 0 Å². The lowest BCUT2D eigenvalue weighted by atomic mass is 10.0. The smallest absolute Gasteiger partial charge is 0.251 e. The van der Waals surface area contributed by atoms with Crippen molar-refractivity contribution >= 4 is 11.8 Å². The SMILES string of the molecule is COc1ccc(C[C@H](NC(=O)c2cc(C)cc(C)c2)C(N)=O)cc1. The van der Waals surface area contributed by atoms with Crippen molar-refractivity contribution in [3.05, 3.63) is 64.7 Å². The summed E-state index contributed by atoms with van der Waals surface area (Å²) in [6.45, 7) is 3.85. The Balaban J connectivity index is 2.12. The van der Waals surface area contributed by atoms with Gasteiger partial charge < -0.3 is 15.8 Å². The summed E-state index contributed by atoms with van der Waals surface area (Å²) >= 11 is 0. The maximum Gasteiger partial charge on any atom is 0.251 e. The van der Waals surface area contributed by atoms with Crippen molar-refractivity contribution in [1.82, 2.24) is 5.32 Å². The van der Waals surface area contributed by atoms with Crippen LogP contribution < -0.4 is 15.8 Å². The molecule has 0 radical (unpaired) electrons. The molecule has 2 aromatic rings. The first-order valence-electron chi connectivity index (χ1n) is 7.70. The number of amides is 2. The van der Waals surface area contributed by atoms with Crippen molar-refractivity contribution in [2.24, 2.45) is 5.73 Å². The van der Waals surface area contributed by atoms with Crippen LogP contribution in [0.5, 0.6) is 5.75 Å². The molecule has 0 fully saturated rings. The summed E-state index contributed by atoms with van der Waals surface area (Å²) in [5.74, 6) is -0.142. The van der Waals surface area contributed by atoms with Gasteiger partial charge in [0.25, 0.3) is 5.91 Å². The monoisotopic (exact) mass is 326 g/mol. The molecular weight excluding hydrogens is 304 g/mol. The molecule has 2 aromatic carbocycles. The van der Waals surface area contributed by atoms with Gasteiger partial charge in [-0.2, -0.15) is 0 Å². The van der Waals surface area contributed by atoms with Crippen molar-refractivity contribution in [3.63, 3.8) is 0 Å². The summed E-state index contributed by atoms with van der Waals surface area (Å²) in [5.41, 5.74) is 8.84. The molecule has 0 saturated heterocycles. The topological polar surface area (TPSA) is 81.4 Å². The number of primary amides is 1. The number of hydrogen-bond donors (Lipinski definition) is 2. The molecule has 0 heterocycles. The molecule has 2 rings (SSSR count). The summed E-state index contributed by atoms with van der Waals surface area (Å²) in [4.78, 5) is 24.1. The molecule has 0 aliphatic heterocycles. The minimum absolute atomic E-state index is 0.306. The largest absolute Gasteiger partial charge is 0.497 e. The predicted molar refractivity (Wildman–Crippen MR) is 93.1 cm³/mol. The Bertz CT molecular complexity index is 719. The number of nitrogens with two attached hydrogens (primary N) is 1. The highest BCUT2D eigenvalue weighted by Gasteiger charge is 2.19. The van der Waals surface area contributed by atoms with E-state index in [1.54, 1.807) is 31.4 Å². The van der Waals surface area contributed by atoms with Crippen LogP contribution in [-0.4, -0.2) is 25.0 Å². The van der Waals surface area contributed by atoms with Crippen LogP contribution in [0.2, 0.25) is 0 Å². The maximum absolute atomic E-state index is 12.4. The second-order valence-electron chi connectivity index (χ2n) is 5.86. The quantitative estimate of drug-likeness (QED) is 0.853. The number of rotatable bonds is 6. The standard InChI is InChI=1S/C19H22N2O3/c1-12-8-13(2)10-15(9-12)19(23)21-17(18(20)22)11-14-4-6-16(24-3)7-5-14/h4-10,17H,11H2,1-3H3,(H2,20,22)(H,21,23)/t17-/m0/s1. The van der Waals surface area contributed by atoms with Gasteiger partial charge in [-0.05, 0) is 43.7 Å². The number of ether oxygens (including phenoxy) is 1. The fraction of sp³-hybridized carbons (Fsp3) is 0.263. The summed E-state index contributed by atoms with van der Waals surface area (Å²) in [6.07, 6.45) is 0.329. The highest BCUT2D eigenvalue weighted by atomic mass is 16.5. The highest BCUT2D eigenvalue weighted by Crippen LogP contribution is 2.13. The molecule has 5 nitrogen and oxygen atoms in total. The summed E-state index contributed by atoms with van der Waals surface area (Å²) < 4.78 is 5.11. The molecule has 0 aliphatic carbocycles. The van der Waals surface area contributed by atoms with E-state index in [1.165, 1.54) is 0 Å². The zero-order valence-corrected chi connectivity index (χ0v) is 14.1. The molecule has 0 aliphatic rings. The molecule has 0 saturated carbocycles. The number of aryl methyl sites for hydroxylation is 2. The predicted octanol–water partition coefficient (Wildman–Crippen LogP) is 2.14. The van der Waals surface area contributed by atoms with Crippen LogP contribution in [0.1, 0.15) is 27.0 Å². The van der Waals surface area contributed by atoms with Crippen LogP contribution in [-0.2, 0) is 11.2 Å². The molecule has 24 heavy (non-hydrogen) atoms. The molecule has 5 heteroatoms. The number of hydrogen-bond acceptors (Lipinski definition) is 3. The molecular formula is C19H22N2O3. The van der Waals surface area contributed by atoms with E-state index < -0.39 is 11.9 Å². The third-order valence-corrected chi connectivity index (χ3v) is 3.73. The number of methoxy groups -OCH3 is 1. The van der Waals surface area contributed by atoms with E-state index in [-0.39, 0.29) is 5.91 Å². The van der Waals surface area contributed by atoms with Crippen molar-refractivity contribution in [3.8, 4) is 5.75 Å². The molecule has 0 bridgehead atoms. The Kier molecular flexibility index (Phi) is 5.58. The number of benzene rings is 2. The van der Waals surface area contributed by atoms with E-state index >= 15 is 0 Å². The molecule has 2 amide bonds. The third-order valence-electron chi connectivity index (χ3n) is 3.73. The van der Waals surface area contributed by atoms with Gasteiger partial charge in [0.1, 0.15) is 11.8 Å². The summed E-state index contributed by atoms with van der Waals surface area (Å²) in [5, 5.41) is 2.72. The summed E-state index contributed by atoms with van der Waals surface area (Å²) in [7, 11) is 1.59. The first-order chi connectivity index (χ1) is 11.4. The lowest BCUT2D eigenvalue weighted by molar-refractivity contribution is -0.119. The Labute approximate surface area is 141 Å². The Morgan fingerprint density at radius 2 is 1.67 bits per heavy atom. The normalized spacial score (nSPS) is 11.6. The Hall–Kier alpha value is -2.82. The number of carbonyl (C=O) groups is 2. The second-order valence-corrected chi connectivity index (χ2v) is 5.86. The van der Waals surface area contributed by atoms with Gasteiger partial charge in [0, 0.05) is 12.0 Å². The Morgan fingerprint density at radius 3 is 2.17 bits per heavy atom. The molecule has 3 N–H and O–H groups in total. The number of nitrogens with one attached hydrogen (secondary N) is 1. The molecule has 0 unspecified atom stereocenters. The average molecular weight is 326 g/mol. The minimum Gasteiger partial charge on any atom is -0.497 e. The highest BCUT2D eigenvalue weighted by molar-refractivity contribution is 5.97.